The Morgan fingerprint density at radius 2 is 2.50 bits per heavy atom. The van der Waals surface area contributed by atoms with Gasteiger partial charge < -0.3 is 9.73 Å². The highest BCUT2D eigenvalue weighted by molar-refractivity contribution is 5.95. The van der Waals surface area contributed by atoms with Gasteiger partial charge in [0.25, 0.3) is 0 Å². The number of amides is 1. The molecule has 1 aliphatic heterocycles. The minimum atomic E-state index is -0.257. The Kier molecular flexibility index (Phi) is 3.05. The molecule has 1 saturated heterocycles. The summed E-state index contributed by atoms with van der Waals surface area (Å²) in [6, 6.07) is 3.06. The van der Waals surface area contributed by atoms with E-state index in [1.807, 2.05) is 4.90 Å². The first-order valence-corrected chi connectivity index (χ1v) is 5.27. The average molecular weight is 222 g/mol. The summed E-state index contributed by atoms with van der Waals surface area (Å²) in [4.78, 5) is 25.0. The molecule has 0 bridgehead atoms. The highest BCUT2D eigenvalue weighted by atomic mass is 16.3. The highest BCUT2D eigenvalue weighted by Gasteiger charge is 2.27. The zero-order chi connectivity index (χ0) is 11.5. The summed E-state index contributed by atoms with van der Waals surface area (Å²) >= 11 is 0. The van der Waals surface area contributed by atoms with Crippen molar-refractivity contribution in [3.05, 3.63) is 24.2 Å². The lowest BCUT2D eigenvalue weighted by atomic mass is 10.2. The van der Waals surface area contributed by atoms with Crippen LogP contribution in [0.25, 0.3) is 0 Å². The van der Waals surface area contributed by atoms with E-state index in [0.29, 0.717) is 18.8 Å². The fourth-order valence-electron chi connectivity index (χ4n) is 1.75. The molecule has 1 N–H and O–H groups in total. The number of Topliss-reactive ketones (excluding diaryl/α,β-unsaturated/α-hetero) is 1. The molecule has 2 rings (SSSR count). The molecule has 1 aliphatic rings. The van der Waals surface area contributed by atoms with Gasteiger partial charge in [-0.1, -0.05) is 0 Å². The molecule has 0 radical (unpaired) electrons. The molecule has 5 heteroatoms. The predicted octanol–water partition coefficient (Wildman–Crippen LogP) is 0.283. The lowest BCUT2D eigenvalue weighted by molar-refractivity contribution is -0.127. The van der Waals surface area contributed by atoms with Crippen molar-refractivity contribution in [3.8, 4) is 0 Å². The average Bonchev–Trinajstić information content (AvgIpc) is 2.78. The number of nitrogens with zero attached hydrogens (tertiary/aromatic N) is 1. The van der Waals surface area contributed by atoms with Crippen LogP contribution in [-0.2, 0) is 4.79 Å². The quantitative estimate of drug-likeness (QED) is 0.746. The van der Waals surface area contributed by atoms with Crippen molar-refractivity contribution < 1.29 is 14.0 Å². The smallest absolute Gasteiger partial charge is 0.237 e. The molecule has 1 amide bonds. The van der Waals surface area contributed by atoms with Crippen molar-refractivity contribution >= 4 is 11.7 Å². The number of furan rings is 1. The first kappa shape index (κ1) is 10.9. The van der Waals surface area contributed by atoms with Gasteiger partial charge >= 0.3 is 0 Å². The molecule has 0 saturated carbocycles. The van der Waals surface area contributed by atoms with Gasteiger partial charge in [-0.2, -0.15) is 0 Å². The summed E-state index contributed by atoms with van der Waals surface area (Å²) in [5.74, 6) is 0.225. The van der Waals surface area contributed by atoms with Crippen LogP contribution in [-0.4, -0.2) is 42.3 Å². The lowest BCUT2D eigenvalue weighted by Gasteiger charge is -2.31. The van der Waals surface area contributed by atoms with E-state index in [2.05, 4.69) is 5.32 Å². The Labute approximate surface area is 93.4 Å². The van der Waals surface area contributed by atoms with Crippen LogP contribution >= 0.6 is 0 Å². The van der Waals surface area contributed by atoms with E-state index in [9.17, 15) is 9.59 Å². The summed E-state index contributed by atoms with van der Waals surface area (Å²) in [7, 11) is 0. The molecule has 16 heavy (non-hydrogen) atoms. The van der Waals surface area contributed by atoms with Gasteiger partial charge in [0.15, 0.2) is 5.76 Å². The number of carbonyl (C=O) groups is 2. The third-order valence-electron chi connectivity index (χ3n) is 2.77. The fourth-order valence-corrected chi connectivity index (χ4v) is 1.75. The van der Waals surface area contributed by atoms with Crippen LogP contribution in [0.2, 0.25) is 0 Å². The van der Waals surface area contributed by atoms with Crippen LogP contribution in [0.5, 0.6) is 0 Å². The van der Waals surface area contributed by atoms with Crippen LogP contribution in [0.1, 0.15) is 17.5 Å². The van der Waals surface area contributed by atoms with Crippen molar-refractivity contribution in [2.24, 2.45) is 0 Å². The first-order chi connectivity index (χ1) is 7.68. The third kappa shape index (κ3) is 2.14. The zero-order valence-corrected chi connectivity index (χ0v) is 9.10. The van der Waals surface area contributed by atoms with E-state index in [1.165, 1.54) is 6.26 Å². The van der Waals surface area contributed by atoms with Crippen molar-refractivity contribution in [1.29, 1.82) is 0 Å². The van der Waals surface area contributed by atoms with Crippen molar-refractivity contribution in [3.63, 3.8) is 0 Å². The number of ketones is 1. The normalized spacial score (nSPS) is 21.8. The molecule has 1 aromatic heterocycles. The van der Waals surface area contributed by atoms with Gasteiger partial charge in [-0.3, -0.25) is 14.5 Å². The summed E-state index contributed by atoms with van der Waals surface area (Å²) < 4.78 is 5.02. The maximum Gasteiger partial charge on any atom is 0.237 e. The van der Waals surface area contributed by atoms with E-state index in [0.717, 1.165) is 0 Å². The maximum atomic E-state index is 11.8. The Morgan fingerprint density at radius 3 is 3.19 bits per heavy atom. The van der Waals surface area contributed by atoms with Gasteiger partial charge in [0.2, 0.25) is 11.7 Å². The van der Waals surface area contributed by atoms with Gasteiger partial charge in [-0.05, 0) is 19.1 Å². The minimum Gasteiger partial charge on any atom is -0.461 e. The summed E-state index contributed by atoms with van der Waals surface area (Å²) in [6.07, 6.45) is 1.47. The number of rotatable bonds is 3. The fraction of sp³-hybridized carbons (Fsp3) is 0.455. The number of piperazine rings is 1. The van der Waals surface area contributed by atoms with Gasteiger partial charge in [0, 0.05) is 13.1 Å². The van der Waals surface area contributed by atoms with Gasteiger partial charge in [0.1, 0.15) is 0 Å². The molecule has 86 valence electrons. The first-order valence-electron chi connectivity index (χ1n) is 5.27. The number of hydrogen-bond acceptors (Lipinski definition) is 4. The van der Waals surface area contributed by atoms with E-state index in [4.69, 9.17) is 4.42 Å². The predicted molar refractivity (Wildman–Crippen MR) is 57.1 cm³/mol. The third-order valence-corrected chi connectivity index (χ3v) is 2.77. The minimum absolute atomic E-state index is 0.0292. The van der Waals surface area contributed by atoms with Gasteiger partial charge in [0.05, 0.1) is 18.8 Å². The van der Waals surface area contributed by atoms with Crippen LogP contribution < -0.4 is 5.32 Å². The van der Waals surface area contributed by atoms with Gasteiger partial charge in [-0.15, -0.1) is 0 Å². The standard InChI is InChI=1S/C11H14N2O3/c1-8-11(15)12-4-5-13(8)7-9(14)10-3-2-6-16-10/h2-3,6,8H,4-5,7H2,1H3,(H,12,15). The van der Waals surface area contributed by atoms with Crippen molar-refractivity contribution in [2.45, 2.75) is 13.0 Å². The van der Waals surface area contributed by atoms with E-state index >= 15 is 0 Å². The molecule has 0 aliphatic carbocycles. The van der Waals surface area contributed by atoms with E-state index in [1.54, 1.807) is 19.1 Å². The monoisotopic (exact) mass is 222 g/mol. The molecule has 5 nitrogen and oxygen atoms in total. The van der Waals surface area contributed by atoms with Crippen molar-refractivity contribution in [2.75, 3.05) is 19.6 Å². The molecule has 1 aromatic rings. The second kappa shape index (κ2) is 4.49. The van der Waals surface area contributed by atoms with Crippen molar-refractivity contribution in [1.82, 2.24) is 10.2 Å². The van der Waals surface area contributed by atoms with E-state index in [-0.39, 0.29) is 24.3 Å². The summed E-state index contributed by atoms with van der Waals surface area (Å²) in [5.41, 5.74) is 0. The summed E-state index contributed by atoms with van der Waals surface area (Å²) in [5, 5.41) is 2.75. The second-order valence-corrected chi connectivity index (χ2v) is 3.84. The van der Waals surface area contributed by atoms with Gasteiger partial charge in [-0.25, -0.2) is 0 Å². The van der Waals surface area contributed by atoms with Crippen LogP contribution in [0.15, 0.2) is 22.8 Å². The SMILES string of the molecule is CC1C(=O)NCCN1CC(=O)c1ccco1. The summed E-state index contributed by atoms with van der Waals surface area (Å²) in [6.45, 7) is 3.31. The molecular weight excluding hydrogens is 208 g/mol. The Balaban J connectivity index is 1.99. The topological polar surface area (TPSA) is 62.6 Å². The van der Waals surface area contributed by atoms with E-state index < -0.39 is 0 Å². The highest BCUT2D eigenvalue weighted by Crippen LogP contribution is 2.07. The Hall–Kier alpha value is -1.62. The Morgan fingerprint density at radius 1 is 1.69 bits per heavy atom. The van der Waals surface area contributed by atoms with Crippen LogP contribution in [0, 0.1) is 0 Å². The molecule has 0 aromatic carbocycles. The lowest BCUT2D eigenvalue weighted by Crippen LogP contribution is -2.54. The molecule has 0 spiro atoms. The van der Waals surface area contributed by atoms with Crippen LogP contribution in [0.4, 0.5) is 0 Å². The second-order valence-electron chi connectivity index (χ2n) is 3.84. The number of nitrogens with one attached hydrogen (secondary N) is 1. The number of hydrogen-bond donors (Lipinski definition) is 1. The maximum absolute atomic E-state index is 11.8. The molecule has 1 unspecified atom stereocenters. The largest absolute Gasteiger partial charge is 0.461 e. The zero-order valence-electron chi connectivity index (χ0n) is 9.10. The molecule has 2 heterocycles. The number of carbonyl (C=O) groups excluding carboxylic acids is 2. The molecular formula is C11H14N2O3. The van der Waals surface area contributed by atoms with Crippen LogP contribution in [0.3, 0.4) is 0 Å². The molecule has 1 fully saturated rings. The molecule has 1 atom stereocenters. The Bertz CT molecular complexity index is 386.